The second-order valence-electron chi connectivity index (χ2n) is 5.31. The van der Waals surface area contributed by atoms with E-state index in [9.17, 15) is 9.90 Å². The third kappa shape index (κ3) is 4.58. The van der Waals surface area contributed by atoms with Gasteiger partial charge in [-0.3, -0.25) is 9.69 Å². The number of nitrogens with zero attached hydrogens (tertiary/aromatic N) is 1. The fourth-order valence-corrected chi connectivity index (χ4v) is 2.38. The Morgan fingerprint density at radius 2 is 2.00 bits per heavy atom. The number of rotatable bonds is 6. The van der Waals surface area contributed by atoms with Crippen molar-refractivity contribution in [2.24, 2.45) is 5.92 Å². The molecule has 2 unspecified atom stereocenters. The molecule has 1 aliphatic rings. The van der Waals surface area contributed by atoms with E-state index < -0.39 is 0 Å². The summed E-state index contributed by atoms with van der Waals surface area (Å²) in [4.78, 5) is 14.0. The maximum Gasteiger partial charge on any atom is 0.323 e. The van der Waals surface area contributed by atoms with Crippen molar-refractivity contribution in [1.29, 1.82) is 0 Å². The maximum atomic E-state index is 11.8. The molecule has 0 spiro atoms. The zero-order valence-corrected chi connectivity index (χ0v) is 11.9. The lowest BCUT2D eigenvalue weighted by atomic mass is 9.91. The van der Waals surface area contributed by atoms with E-state index in [1.54, 1.807) is 0 Å². The van der Waals surface area contributed by atoms with Gasteiger partial charge < -0.3 is 9.84 Å². The average molecular weight is 257 g/mol. The molecule has 1 saturated heterocycles. The number of hydrogen-bond donors (Lipinski definition) is 1. The Bertz CT molecular complexity index is 247. The summed E-state index contributed by atoms with van der Waals surface area (Å²) in [7, 11) is 0. The van der Waals surface area contributed by atoms with Crippen LogP contribution in [-0.2, 0) is 9.53 Å². The molecule has 0 bridgehead atoms. The maximum absolute atomic E-state index is 11.8. The molecule has 0 saturated carbocycles. The molecule has 0 aliphatic carbocycles. The second-order valence-corrected chi connectivity index (χ2v) is 5.31. The van der Waals surface area contributed by atoms with Crippen molar-refractivity contribution < 1.29 is 14.6 Å². The van der Waals surface area contributed by atoms with Crippen molar-refractivity contribution in [3.63, 3.8) is 0 Å². The van der Waals surface area contributed by atoms with Gasteiger partial charge in [0.1, 0.15) is 6.04 Å². The summed E-state index contributed by atoms with van der Waals surface area (Å²) in [5.74, 6) is 0.267. The number of carbonyl (C=O) groups is 1. The number of unbranched alkanes of at least 4 members (excludes halogenated alkanes) is 1. The van der Waals surface area contributed by atoms with E-state index in [2.05, 4.69) is 11.8 Å². The molecule has 0 radical (unpaired) electrons. The molecule has 106 valence electrons. The highest BCUT2D eigenvalue weighted by Gasteiger charge is 2.28. The van der Waals surface area contributed by atoms with Crippen LogP contribution in [0.15, 0.2) is 0 Å². The van der Waals surface area contributed by atoms with E-state index in [1.165, 1.54) is 0 Å². The molecule has 0 aromatic carbocycles. The van der Waals surface area contributed by atoms with Gasteiger partial charge in [-0.1, -0.05) is 13.3 Å². The van der Waals surface area contributed by atoms with Gasteiger partial charge in [-0.2, -0.15) is 0 Å². The number of carbonyl (C=O) groups excluding carboxylic acids is 1. The first-order valence-electron chi connectivity index (χ1n) is 7.15. The van der Waals surface area contributed by atoms with Crippen molar-refractivity contribution in [2.75, 3.05) is 19.7 Å². The largest absolute Gasteiger partial charge is 0.465 e. The predicted molar refractivity (Wildman–Crippen MR) is 71.3 cm³/mol. The minimum absolute atomic E-state index is 0.112. The first kappa shape index (κ1) is 15.4. The molecule has 1 rings (SSSR count). The highest BCUT2D eigenvalue weighted by molar-refractivity contribution is 5.75. The smallest absolute Gasteiger partial charge is 0.323 e. The van der Waals surface area contributed by atoms with Crippen LogP contribution in [0.4, 0.5) is 0 Å². The van der Waals surface area contributed by atoms with Crippen LogP contribution in [0, 0.1) is 5.92 Å². The molecular weight excluding hydrogens is 230 g/mol. The van der Waals surface area contributed by atoms with E-state index in [-0.39, 0.29) is 18.1 Å². The highest BCUT2D eigenvalue weighted by Crippen LogP contribution is 2.22. The van der Waals surface area contributed by atoms with Crippen molar-refractivity contribution in [2.45, 2.75) is 58.6 Å². The van der Waals surface area contributed by atoms with Crippen LogP contribution >= 0.6 is 0 Å². The lowest BCUT2D eigenvalue weighted by Crippen LogP contribution is -2.46. The topological polar surface area (TPSA) is 49.8 Å². The Hall–Kier alpha value is -0.610. The standard InChI is InChI=1S/C14H27NO3/c1-4-5-10-18-14(17)11(2)15-8-6-13(7-9-15)12(3)16/h11-13,16H,4-10H2,1-3H3. The van der Waals surface area contributed by atoms with Crippen molar-refractivity contribution in [3.05, 3.63) is 0 Å². The molecule has 4 heteroatoms. The molecule has 0 amide bonds. The van der Waals surface area contributed by atoms with E-state index in [1.807, 2.05) is 13.8 Å². The van der Waals surface area contributed by atoms with Gasteiger partial charge in [-0.25, -0.2) is 0 Å². The van der Waals surface area contributed by atoms with E-state index >= 15 is 0 Å². The molecular formula is C14H27NO3. The third-order valence-corrected chi connectivity index (χ3v) is 3.89. The summed E-state index contributed by atoms with van der Waals surface area (Å²) >= 11 is 0. The second kappa shape index (κ2) is 7.74. The van der Waals surface area contributed by atoms with Crippen molar-refractivity contribution in [3.8, 4) is 0 Å². The lowest BCUT2D eigenvalue weighted by molar-refractivity contribution is -0.150. The van der Waals surface area contributed by atoms with Gasteiger partial charge in [0.05, 0.1) is 12.7 Å². The lowest BCUT2D eigenvalue weighted by Gasteiger charge is -2.35. The van der Waals surface area contributed by atoms with Crippen LogP contribution in [0.1, 0.15) is 46.5 Å². The van der Waals surface area contributed by atoms with Gasteiger partial charge >= 0.3 is 5.97 Å². The molecule has 1 N–H and O–H groups in total. The summed E-state index contributed by atoms with van der Waals surface area (Å²) in [6, 6.07) is -0.156. The molecule has 0 aromatic heterocycles. The number of aliphatic hydroxyl groups excluding tert-OH is 1. The van der Waals surface area contributed by atoms with Gasteiger partial charge in [0.25, 0.3) is 0 Å². The molecule has 0 aromatic rings. The summed E-state index contributed by atoms with van der Waals surface area (Å²) in [5.41, 5.74) is 0. The van der Waals surface area contributed by atoms with Crippen LogP contribution in [0.5, 0.6) is 0 Å². The van der Waals surface area contributed by atoms with Crippen LogP contribution in [0.3, 0.4) is 0 Å². The van der Waals surface area contributed by atoms with E-state index in [4.69, 9.17) is 4.74 Å². The zero-order chi connectivity index (χ0) is 13.5. The van der Waals surface area contributed by atoms with Crippen LogP contribution in [0.25, 0.3) is 0 Å². The molecule has 2 atom stereocenters. The van der Waals surface area contributed by atoms with Gasteiger partial charge in [0.15, 0.2) is 0 Å². The average Bonchev–Trinajstić information content (AvgIpc) is 2.38. The SMILES string of the molecule is CCCCOC(=O)C(C)N1CCC(C(C)O)CC1. The number of hydrogen-bond acceptors (Lipinski definition) is 4. The molecule has 1 heterocycles. The monoisotopic (exact) mass is 257 g/mol. The van der Waals surface area contributed by atoms with Gasteiger partial charge in [-0.05, 0) is 52.1 Å². The van der Waals surface area contributed by atoms with Crippen molar-refractivity contribution >= 4 is 5.97 Å². The molecule has 18 heavy (non-hydrogen) atoms. The Kier molecular flexibility index (Phi) is 6.65. The Labute approximate surface area is 110 Å². The first-order valence-corrected chi connectivity index (χ1v) is 7.15. The molecule has 4 nitrogen and oxygen atoms in total. The zero-order valence-electron chi connectivity index (χ0n) is 11.9. The fraction of sp³-hybridized carbons (Fsp3) is 0.929. The Morgan fingerprint density at radius 1 is 1.39 bits per heavy atom. The van der Waals surface area contributed by atoms with E-state index in [0.29, 0.717) is 12.5 Å². The number of piperidine rings is 1. The quantitative estimate of drug-likeness (QED) is 0.582. The molecule has 1 fully saturated rings. The van der Waals surface area contributed by atoms with E-state index in [0.717, 1.165) is 38.8 Å². The predicted octanol–water partition coefficient (Wildman–Crippen LogP) is 1.81. The number of aliphatic hydroxyl groups is 1. The Morgan fingerprint density at radius 3 is 2.50 bits per heavy atom. The van der Waals surface area contributed by atoms with Gasteiger partial charge in [-0.15, -0.1) is 0 Å². The van der Waals surface area contributed by atoms with Crippen LogP contribution < -0.4 is 0 Å². The number of ether oxygens (including phenoxy) is 1. The fourth-order valence-electron chi connectivity index (χ4n) is 2.38. The van der Waals surface area contributed by atoms with Gasteiger partial charge in [0.2, 0.25) is 0 Å². The third-order valence-electron chi connectivity index (χ3n) is 3.89. The summed E-state index contributed by atoms with van der Waals surface area (Å²) < 4.78 is 5.24. The first-order chi connectivity index (χ1) is 8.56. The minimum Gasteiger partial charge on any atom is -0.465 e. The highest BCUT2D eigenvalue weighted by atomic mass is 16.5. The minimum atomic E-state index is -0.237. The van der Waals surface area contributed by atoms with Crippen LogP contribution in [-0.4, -0.2) is 47.8 Å². The number of esters is 1. The normalized spacial score (nSPS) is 21.6. The molecule has 1 aliphatic heterocycles. The Balaban J connectivity index is 2.30. The summed E-state index contributed by atoms with van der Waals surface area (Å²) in [5, 5.41) is 9.54. The van der Waals surface area contributed by atoms with Gasteiger partial charge in [0, 0.05) is 0 Å². The van der Waals surface area contributed by atoms with Crippen molar-refractivity contribution in [1.82, 2.24) is 4.90 Å². The summed E-state index contributed by atoms with van der Waals surface area (Å²) in [6.07, 6.45) is 3.66. The summed E-state index contributed by atoms with van der Waals surface area (Å²) in [6.45, 7) is 8.13. The van der Waals surface area contributed by atoms with Crippen LogP contribution in [0.2, 0.25) is 0 Å². The number of likely N-dealkylation sites (tertiary alicyclic amines) is 1.